The zero-order valence-corrected chi connectivity index (χ0v) is 16.0. The van der Waals surface area contributed by atoms with Gasteiger partial charge in [0.2, 0.25) is 5.79 Å². The Morgan fingerprint density at radius 2 is 1.96 bits per heavy atom. The van der Waals surface area contributed by atoms with Gasteiger partial charge in [-0.25, -0.2) is 0 Å². The second-order valence-corrected chi connectivity index (χ2v) is 9.49. The average molecular weight is 352 g/mol. The number of epoxide rings is 1. The van der Waals surface area contributed by atoms with Gasteiger partial charge in [0.25, 0.3) is 0 Å². The highest BCUT2D eigenvalue weighted by atomic mass is 16.7. The lowest BCUT2D eigenvalue weighted by Gasteiger charge is -2.63. The fourth-order valence-electron chi connectivity index (χ4n) is 6.12. The molecule has 0 radical (unpaired) electrons. The fourth-order valence-corrected chi connectivity index (χ4v) is 6.12. The molecule has 3 fully saturated rings. The first-order valence-electron chi connectivity index (χ1n) is 9.32. The molecule has 3 aliphatic rings. The van der Waals surface area contributed by atoms with Crippen molar-refractivity contribution in [2.24, 2.45) is 28.6 Å². The van der Waals surface area contributed by atoms with Crippen LogP contribution in [0.2, 0.25) is 0 Å². The Balaban J connectivity index is 2.14. The second-order valence-electron chi connectivity index (χ2n) is 9.49. The third kappa shape index (κ3) is 2.19. The van der Waals surface area contributed by atoms with Gasteiger partial charge < -0.3 is 20.1 Å². The Morgan fingerprint density at radius 3 is 2.52 bits per heavy atom. The van der Waals surface area contributed by atoms with Gasteiger partial charge in [-0.15, -0.1) is 6.58 Å². The van der Waals surface area contributed by atoms with Gasteiger partial charge >= 0.3 is 0 Å². The lowest BCUT2D eigenvalue weighted by molar-refractivity contribution is -0.283. The lowest BCUT2D eigenvalue weighted by Crippen LogP contribution is -2.74. The molecule has 1 aliphatic heterocycles. The topological polar surface area (TPSA) is 90.3 Å². The summed E-state index contributed by atoms with van der Waals surface area (Å²) >= 11 is 0. The molecule has 0 aromatic carbocycles. The van der Waals surface area contributed by atoms with Crippen molar-refractivity contribution in [2.75, 3.05) is 0 Å². The third-order valence-electron chi connectivity index (χ3n) is 7.44. The third-order valence-corrected chi connectivity index (χ3v) is 7.44. The number of hydrogen-bond donors (Lipinski definition) is 3. The van der Waals surface area contributed by atoms with Crippen LogP contribution in [0.5, 0.6) is 0 Å². The van der Waals surface area contributed by atoms with Crippen molar-refractivity contribution in [3.05, 3.63) is 12.7 Å². The molecule has 5 nitrogen and oxygen atoms in total. The molecule has 25 heavy (non-hydrogen) atoms. The summed E-state index contributed by atoms with van der Waals surface area (Å²) in [5.74, 6) is -2.85. The maximum absolute atomic E-state index is 13.2. The van der Waals surface area contributed by atoms with Gasteiger partial charge in [-0.3, -0.25) is 4.79 Å². The Hall–Kier alpha value is -0.750. The maximum Gasteiger partial charge on any atom is 0.202 e. The molecule has 0 aromatic rings. The van der Waals surface area contributed by atoms with E-state index in [1.807, 2.05) is 20.8 Å². The molecule has 5 heteroatoms. The minimum atomic E-state index is -1.75. The summed E-state index contributed by atoms with van der Waals surface area (Å²) in [5, 5.41) is 33.8. The van der Waals surface area contributed by atoms with Crippen LogP contribution < -0.4 is 0 Å². The van der Waals surface area contributed by atoms with E-state index < -0.39 is 40.8 Å². The Morgan fingerprint density at radius 1 is 1.36 bits per heavy atom. The molecule has 1 heterocycles. The van der Waals surface area contributed by atoms with Crippen molar-refractivity contribution >= 4 is 5.78 Å². The Bertz CT molecular complexity index is 601. The standard InChI is InChI=1S/C20H32O5/c1-7-11(2)8-14(22)19(23)12(3)9-13(21)16-17(4,5)10-15-20(24,25-15)18(16,19)6/h7,11-13,15-16,21,23-24H,1,8-10H2,2-6H3/t11-,12+,13+,15?,16+,18+,19-,20+/m1/s1. The van der Waals surface area contributed by atoms with Crippen LogP contribution in [0.15, 0.2) is 12.7 Å². The monoisotopic (exact) mass is 352 g/mol. The summed E-state index contributed by atoms with van der Waals surface area (Å²) in [6.45, 7) is 13.2. The molecular weight excluding hydrogens is 320 g/mol. The summed E-state index contributed by atoms with van der Waals surface area (Å²) in [7, 11) is 0. The van der Waals surface area contributed by atoms with E-state index >= 15 is 0 Å². The highest BCUT2D eigenvalue weighted by Gasteiger charge is 2.83. The van der Waals surface area contributed by atoms with Gasteiger partial charge in [0.15, 0.2) is 5.78 Å². The van der Waals surface area contributed by atoms with Crippen LogP contribution in [0.4, 0.5) is 0 Å². The normalized spacial score (nSPS) is 51.8. The molecular formula is C20H32O5. The number of aliphatic hydroxyl groups is 3. The van der Waals surface area contributed by atoms with Crippen molar-refractivity contribution < 1.29 is 24.9 Å². The van der Waals surface area contributed by atoms with Gasteiger partial charge in [-0.05, 0) is 30.1 Å². The first-order chi connectivity index (χ1) is 11.4. The van der Waals surface area contributed by atoms with Crippen LogP contribution in [0, 0.1) is 28.6 Å². The highest BCUT2D eigenvalue weighted by Crippen LogP contribution is 2.72. The number of carbonyl (C=O) groups is 1. The quantitative estimate of drug-likeness (QED) is 0.532. The van der Waals surface area contributed by atoms with Gasteiger partial charge in [-0.1, -0.05) is 40.7 Å². The van der Waals surface area contributed by atoms with E-state index in [0.717, 1.165) is 0 Å². The van der Waals surface area contributed by atoms with E-state index in [4.69, 9.17) is 4.74 Å². The van der Waals surface area contributed by atoms with Crippen LogP contribution in [-0.4, -0.2) is 44.7 Å². The van der Waals surface area contributed by atoms with Crippen molar-refractivity contribution in [2.45, 2.75) is 77.5 Å². The molecule has 0 amide bonds. The molecule has 0 bridgehead atoms. The van der Waals surface area contributed by atoms with Crippen molar-refractivity contribution in [1.29, 1.82) is 0 Å². The number of carbonyl (C=O) groups excluding carboxylic acids is 1. The molecule has 2 aliphatic carbocycles. The molecule has 3 N–H and O–H groups in total. The zero-order chi connectivity index (χ0) is 19.0. The lowest BCUT2D eigenvalue weighted by atomic mass is 9.42. The Kier molecular flexibility index (Phi) is 4.09. The van der Waals surface area contributed by atoms with E-state index in [1.165, 1.54) is 0 Å². The molecule has 1 unspecified atom stereocenters. The molecule has 0 aromatic heterocycles. The van der Waals surface area contributed by atoms with Gasteiger partial charge in [0.05, 0.1) is 11.5 Å². The average Bonchev–Trinajstić information content (AvgIpc) is 3.14. The van der Waals surface area contributed by atoms with Gasteiger partial charge in [-0.2, -0.15) is 0 Å². The van der Waals surface area contributed by atoms with Crippen LogP contribution >= 0.6 is 0 Å². The number of rotatable bonds is 4. The van der Waals surface area contributed by atoms with Crippen LogP contribution in [-0.2, 0) is 9.53 Å². The summed E-state index contributed by atoms with van der Waals surface area (Å²) in [5.41, 5.74) is -3.38. The van der Waals surface area contributed by atoms with Crippen molar-refractivity contribution in [1.82, 2.24) is 0 Å². The van der Waals surface area contributed by atoms with E-state index in [2.05, 4.69) is 6.58 Å². The predicted octanol–water partition coefficient (Wildman–Crippen LogP) is 2.04. The van der Waals surface area contributed by atoms with Gasteiger partial charge in [0.1, 0.15) is 11.7 Å². The number of aliphatic hydroxyl groups excluding tert-OH is 1. The summed E-state index contributed by atoms with van der Waals surface area (Å²) in [4.78, 5) is 13.2. The summed E-state index contributed by atoms with van der Waals surface area (Å²) in [6, 6.07) is 0. The molecule has 1 saturated heterocycles. The molecule has 2 saturated carbocycles. The number of hydrogen-bond acceptors (Lipinski definition) is 5. The number of Topliss-reactive ketones (excluding diaryl/α,β-unsaturated/α-hetero) is 1. The number of allylic oxidation sites excluding steroid dienone is 1. The van der Waals surface area contributed by atoms with E-state index in [1.54, 1.807) is 19.9 Å². The van der Waals surface area contributed by atoms with Crippen molar-refractivity contribution in [3.63, 3.8) is 0 Å². The Labute approximate surface area is 150 Å². The molecule has 142 valence electrons. The highest BCUT2D eigenvalue weighted by molar-refractivity contribution is 5.89. The first kappa shape index (κ1) is 19.0. The minimum Gasteiger partial charge on any atom is -0.393 e. The van der Waals surface area contributed by atoms with Crippen LogP contribution in [0.25, 0.3) is 0 Å². The fraction of sp³-hybridized carbons (Fsp3) is 0.850. The summed E-state index contributed by atoms with van der Waals surface area (Å²) in [6.07, 6.45) is 1.67. The second kappa shape index (κ2) is 5.38. The van der Waals surface area contributed by atoms with Gasteiger partial charge in [0, 0.05) is 12.3 Å². The van der Waals surface area contributed by atoms with Crippen LogP contribution in [0.3, 0.4) is 0 Å². The van der Waals surface area contributed by atoms with Crippen LogP contribution in [0.1, 0.15) is 53.9 Å². The molecule has 8 atom stereocenters. The smallest absolute Gasteiger partial charge is 0.202 e. The molecule has 0 spiro atoms. The predicted molar refractivity (Wildman–Crippen MR) is 93.5 cm³/mol. The minimum absolute atomic E-state index is 0.0696. The maximum atomic E-state index is 13.2. The molecule has 3 rings (SSSR count). The van der Waals surface area contributed by atoms with E-state index in [9.17, 15) is 20.1 Å². The van der Waals surface area contributed by atoms with Crippen molar-refractivity contribution in [3.8, 4) is 0 Å². The number of ether oxygens (including phenoxy) is 1. The zero-order valence-electron chi connectivity index (χ0n) is 16.0. The SMILES string of the molecule is C=C[C@@H](C)CC(=O)[C@]1(O)[C@@H](C)C[C@H](O)[C@H]2C(C)(C)CC3O[C@]3(O)[C@@]21C. The van der Waals surface area contributed by atoms with E-state index in [-0.39, 0.29) is 23.5 Å². The first-order valence-corrected chi connectivity index (χ1v) is 9.32. The summed E-state index contributed by atoms with van der Waals surface area (Å²) < 4.78 is 5.66. The van der Waals surface area contributed by atoms with E-state index in [0.29, 0.717) is 12.8 Å². The number of ketones is 1. The largest absolute Gasteiger partial charge is 0.393 e. The number of fused-ring (bicyclic) bond motifs is 3.